The molecule has 4 aromatic heterocycles. The summed E-state index contributed by atoms with van der Waals surface area (Å²) < 4.78 is 54.9. The molecule has 0 N–H and O–H groups in total. The van der Waals surface area contributed by atoms with Crippen molar-refractivity contribution in [2.75, 3.05) is 5.75 Å². The Bertz CT molecular complexity index is 1320. The van der Waals surface area contributed by atoms with Gasteiger partial charge in [0.25, 0.3) is 0 Å². The van der Waals surface area contributed by atoms with Crippen LogP contribution in [0.1, 0.15) is 12.5 Å². The minimum atomic E-state index is -4.52. The number of halogens is 4. The van der Waals surface area contributed by atoms with Crippen LogP contribution in [0.5, 0.6) is 0 Å². The lowest BCUT2D eigenvalue weighted by Crippen LogP contribution is -2.08. The lowest BCUT2D eigenvalue weighted by molar-refractivity contribution is -0.137. The van der Waals surface area contributed by atoms with E-state index in [2.05, 4.69) is 25.3 Å². The number of aromatic nitrogens is 7. The van der Waals surface area contributed by atoms with E-state index in [-0.39, 0.29) is 28.2 Å². The fraction of sp³-hybridized carbons (Fsp3) is 0.211. The van der Waals surface area contributed by atoms with Gasteiger partial charge in [-0.25, -0.2) is 9.67 Å². The van der Waals surface area contributed by atoms with Crippen LogP contribution in [0.4, 0.5) is 13.2 Å². The minimum Gasteiger partial charge on any atom is -0.307 e. The van der Waals surface area contributed by atoms with Crippen molar-refractivity contribution in [1.82, 2.24) is 34.5 Å². The summed E-state index contributed by atoms with van der Waals surface area (Å²) in [5.41, 5.74) is -0.590. The first-order valence-corrected chi connectivity index (χ1v) is 10.9. The maximum atomic E-state index is 13.1. The molecule has 13 heteroatoms. The quantitative estimate of drug-likeness (QED) is 0.429. The summed E-state index contributed by atoms with van der Waals surface area (Å²) in [5, 5.41) is 12.5. The minimum absolute atomic E-state index is 0.00532. The van der Waals surface area contributed by atoms with Gasteiger partial charge in [0.2, 0.25) is 0 Å². The van der Waals surface area contributed by atoms with Crippen molar-refractivity contribution in [3.8, 4) is 28.9 Å². The molecule has 166 valence electrons. The first-order chi connectivity index (χ1) is 15.2. The molecule has 0 aromatic carbocycles. The molecular formula is C19H15ClF3N7OS. The molecule has 1 unspecified atom stereocenters. The van der Waals surface area contributed by atoms with Gasteiger partial charge in [-0.05, 0) is 30.3 Å². The second-order valence-corrected chi connectivity index (χ2v) is 8.66. The van der Waals surface area contributed by atoms with E-state index in [1.165, 1.54) is 9.25 Å². The van der Waals surface area contributed by atoms with E-state index >= 15 is 0 Å². The van der Waals surface area contributed by atoms with E-state index in [0.717, 1.165) is 18.3 Å². The number of hydrogen-bond acceptors (Lipinski definition) is 6. The fourth-order valence-electron chi connectivity index (χ4n) is 2.98. The van der Waals surface area contributed by atoms with Crippen LogP contribution in [0, 0.1) is 0 Å². The number of nitrogens with zero attached hydrogens (tertiary/aromatic N) is 7. The van der Waals surface area contributed by atoms with Gasteiger partial charge in [0.15, 0.2) is 22.6 Å². The molecule has 0 saturated carbocycles. The Hall–Kier alpha value is -3.12. The predicted molar refractivity (Wildman–Crippen MR) is 112 cm³/mol. The molecule has 0 radical (unpaired) electrons. The van der Waals surface area contributed by atoms with Gasteiger partial charge in [0.1, 0.15) is 11.4 Å². The van der Waals surface area contributed by atoms with Gasteiger partial charge in [-0.3, -0.25) is 9.19 Å². The van der Waals surface area contributed by atoms with Crippen LogP contribution in [0.25, 0.3) is 28.9 Å². The van der Waals surface area contributed by atoms with E-state index in [4.69, 9.17) is 11.6 Å². The summed E-state index contributed by atoms with van der Waals surface area (Å²) in [6, 6.07) is 6.64. The average molecular weight is 482 g/mol. The summed E-state index contributed by atoms with van der Waals surface area (Å²) in [4.78, 5) is 8.96. The Morgan fingerprint density at radius 1 is 1.12 bits per heavy atom. The third kappa shape index (κ3) is 4.15. The first-order valence-electron chi connectivity index (χ1n) is 9.23. The number of hydrogen-bond donors (Lipinski definition) is 0. The molecule has 0 saturated heterocycles. The van der Waals surface area contributed by atoms with Gasteiger partial charge in [-0.1, -0.05) is 18.5 Å². The van der Waals surface area contributed by atoms with Gasteiger partial charge in [-0.15, -0.1) is 10.2 Å². The largest absolute Gasteiger partial charge is 0.416 e. The van der Waals surface area contributed by atoms with Gasteiger partial charge < -0.3 is 4.57 Å². The Morgan fingerprint density at radius 3 is 2.53 bits per heavy atom. The zero-order valence-corrected chi connectivity index (χ0v) is 18.3. The van der Waals surface area contributed by atoms with Crippen molar-refractivity contribution in [2.45, 2.75) is 18.0 Å². The molecule has 0 spiro atoms. The molecule has 8 nitrogen and oxygen atoms in total. The summed E-state index contributed by atoms with van der Waals surface area (Å²) >= 11 is 5.89. The van der Waals surface area contributed by atoms with Crippen LogP contribution in [0.3, 0.4) is 0 Å². The zero-order valence-electron chi connectivity index (χ0n) is 16.7. The van der Waals surface area contributed by atoms with E-state index in [9.17, 15) is 17.4 Å². The van der Waals surface area contributed by atoms with Gasteiger partial charge >= 0.3 is 6.18 Å². The molecule has 4 rings (SSSR count). The highest BCUT2D eigenvalue weighted by atomic mass is 35.5. The lowest BCUT2D eigenvalue weighted by atomic mass is 10.2. The fourth-order valence-corrected chi connectivity index (χ4v) is 4.00. The Kier molecular flexibility index (Phi) is 5.82. The molecule has 0 fully saturated rings. The van der Waals surface area contributed by atoms with Crippen LogP contribution in [-0.2, 0) is 24.0 Å². The topological polar surface area (TPSA) is 91.4 Å². The Morgan fingerprint density at radius 2 is 1.88 bits per heavy atom. The van der Waals surface area contributed by atoms with Crippen molar-refractivity contribution in [3.05, 3.63) is 53.4 Å². The van der Waals surface area contributed by atoms with Crippen LogP contribution < -0.4 is 0 Å². The summed E-state index contributed by atoms with van der Waals surface area (Å²) in [6.45, 7) is 1.76. The number of pyridine rings is 2. The highest BCUT2D eigenvalue weighted by molar-refractivity contribution is 7.85. The molecular weight excluding hydrogens is 467 g/mol. The molecule has 4 heterocycles. The van der Waals surface area contributed by atoms with E-state index in [0.29, 0.717) is 16.5 Å². The maximum Gasteiger partial charge on any atom is 0.416 e. The van der Waals surface area contributed by atoms with Crippen molar-refractivity contribution >= 4 is 22.4 Å². The highest BCUT2D eigenvalue weighted by Crippen LogP contribution is 2.32. The molecule has 0 aliphatic rings. The molecule has 0 aliphatic carbocycles. The van der Waals surface area contributed by atoms with Crippen LogP contribution in [0.15, 0.2) is 47.6 Å². The van der Waals surface area contributed by atoms with Gasteiger partial charge in [-0.2, -0.15) is 18.3 Å². The third-order valence-electron chi connectivity index (χ3n) is 4.55. The van der Waals surface area contributed by atoms with Crippen LogP contribution in [0.2, 0.25) is 5.15 Å². The zero-order chi connectivity index (χ0) is 23.0. The summed E-state index contributed by atoms with van der Waals surface area (Å²) in [5.74, 6) is 1.05. The Balaban J connectivity index is 1.85. The van der Waals surface area contributed by atoms with Crippen molar-refractivity contribution in [1.29, 1.82) is 0 Å². The second kappa shape index (κ2) is 8.43. The van der Waals surface area contributed by atoms with Crippen molar-refractivity contribution in [2.24, 2.45) is 7.05 Å². The molecule has 0 aliphatic heterocycles. The van der Waals surface area contributed by atoms with E-state index in [1.807, 2.05) is 0 Å². The number of rotatable bonds is 5. The summed E-state index contributed by atoms with van der Waals surface area (Å²) in [7, 11) is 0.189. The smallest absolute Gasteiger partial charge is 0.307 e. The molecule has 32 heavy (non-hydrogen) atoms. The van der Waals surface area contributed by atoms with Gasteiger partial charge in [0, 0.05) is 25.2 Å². The van der Waals surface area contributed by atoms with Crippen LogP contribution >= 0.6 is 11.6 Å². The second-order valence-electron chi connectivity index (χ2n) is 6.57. The first kappa shape index (κ1) is 22.1. The van der Waals surface area contributed by atoms with Crippen LogP contribution in [-0.4, -0.2) is 44.5 Å². The number of alkyl halides is 3. The monoisotopic (exact) mass is 481 g/mol. The lowest BCUT2D eigenvalue weighted by Gasteiger charge is -2.11. The molecule has 4 aromatic rings. The SMILES string of the molecule is CCS(=O)c1ccc(-n2ccc(Cl)n2)nc1-c1nnc(-c2cc(C(F)(F)F)ccn2)n1C. The highest BCUT2D eigenvalue weighted by Gasteiger charge is 2.31. The molecule has 0 amide bonds. The average Bonchev–Trinajstić information content (AvgIpc) is 3.38. The van der Waals surface area contributed by atoms with E-state index < -0.39 is 22.5 Å². The predicted octanol–water partition coefficient (Wildman–Crippen LogP) is 3.92. The molecule has 1 atom stereocenters. The van der Waals surface area contributed by atoms with Crippen molar-refractivity contribution in [3.63, 3.8) is 0 Å². The molecule has 0 bridgehead atoms. The third-order valence-corrected chi connectivity index (χ3v) is 6.09. The Labute approximate surface area is 187 Å². The summed E-state index contributed by atoms with van der Waals surface area (Å²) in [6.07, 6.45) is -1.85. The standard InChI is InChI=1S/C19H15ClF3N7OS/c1-3-32(31)13-4-5-15(30-9-7-14(20)28-30)25-16(13)18-27-26-17(29(18)2)12-10-11(6-8-24-12)19(21,22)23/h4-10H,3H2,1-2H3. The van der Waals surface area contributed by atoms with Gasteiger partial charge in [0.05, 0.1) is 21.3 Å². The maximum absolute atomic E-state index is 13.1. The normalized spacial score (nSPS) is 12.8. The van der Waals surface area contributed by atoms with E-state index in [1.54, 1.807) is 38.4 Å². The van der Waals surface area contributed by atoms with Crippen molar-refractivity contribution < 1.29 is 17.4 Å².